The molecule has 0 bridgehead atoms. The van der Waals surface area contributed by atoms with Crippen molar-refractivity contribution in [3.8, 4) is 0 Å². The van der Waals surface area contributed by atoms with Crippen LogP contribution in [0, 0.1) is 40.4 Å². The van der Waals surface area contributed by atoms with Crippen LogP contribution in [-0.4, -0.2) is 17.5 Å². The standard InChI is InChI=1S/H2O4S.Sm/c1-5(2,3)4;/h(H2,1,2,3,4);/p-2. The molecule has 0 unspecified atom stereocenters. The predicted molar refractivity (Wildman–Crippen MR) is 10.5 cm³/mol. The first-order valence-electron chi connectivity index (χ1n) is 0.667. The predicted octanol–water partition coefficient (Wildman–Crippen LogP) is -1.34. The van der Waals surface area contributed by atoms with Crippen LogP contribution in [0.5, 0.6) is 0 Å². The Balaban J connectivity index is 0. The van der Waals surface area contributed by atoms with E-state index in [1.54, 1.807) is 0 Å². The summed E-state index contributed by atoms with van der Waals surface area (Å²) in [7, 11) is -5.17. The van der Waals surface area contributed by atoms with Gasteiger partial charge in [-0.2, -0.15) is 0 Å². The Bertz CT molecular complexity index is 90.7. The molecule has 0 atom stereocenters. The van der Waals surface area contributed by atoms with Crippen molar-refractivity contribution in [2.24, 2.45) is 0 Å². The average molecular weight is 246 g/mol. The monoisotopic (exact) mass is 248 g/mol. The fourth-order valence-corrected chi connectivity index (χ4v) is 0. The Morgan fingerprint density at radius 1 is 1.17 bits per heavy atom. The van der Waals surface area contributed by atoms with E-state index >= 15 is 0 Å². The van der Waals surface area contributed by atoms with Crippen LogP contribution in [0.1, 0.15) is 0 Å². The fourth-order valence-electron chi connectivity index (χ4n) is 0. The smallest absolute Gasteiger partial charge is 0.0311 e. The van der Waals surface area contributed by atoms with Crippen LogP contribution in [0.2, 0.25) is 0 Å². The molecule has 0 rings (SSSR count). The molecule has 4 nitrogen and oxygen atoms in total. The van der Waals surface area contributed by atoms with E-state index in [9.17, 15) is 0 Å². The van der Waals surface area contributed by atoms with Crippen molar-refractivity contribution in [1.82, 2.24) is 0 Å². The van der Waals surface area contributed by atoms with Crippen molar-refractivity contribution < 1.29 is 57.9 Å². The van der Waals surface area contributed by atoms with Gasteiger partial charge in [-0.1, -0.05) is 0 Å². The van der Waals surface area contributed by atoms with Gasteiger partial charge in [-0.05, 0) is 0 Å². The zero-order chi connectivity index (χ0) is 4.50. The van der Waals surface area contributed by atoms with E-state index in [-0.39, 0.29) is 40.4 Å². The summed E-state index contributed by atoms with van der Waals surface area (Å²) in [6.07, 6.45) is 0. The van der Waals surface area contributed by atoms with Gasteiger partial charge >= 0.3 is 0 Å². The van der Waals surface area contributed by atoms with Gasteiger partial charge in [0.2, 0.25) is 0 Å². The van der Waals surface area contributed by atoms with Crippen molar-refractivity contribution in [3.63, 3.8) is 0 Å². The summed E-state index contributed by atoms with van der Waals surface area (Å²) in [6, 6.07) is 0. The quantitative estimate of drug-likeness (QED) is 0.391. The molecule has 0 aromatic carbocycles. The van der Waals surface area contributed by atoms with Crippen molar-refractivity contribution in [3.05, 3.63) is 0 Å². The first-order valence-corrected chi connectivity index (χ1v) is 2.00. The van der Waals surface area contributed by atoms with E-state index in [1.165, 1.54) is 0 Å². The van der Waals surface area contributed by atoms with Gasteiger partial charge in [0.1, 0.15) is 0 Å². The first kappa shape index (κ1) is 10.2. The summed E-state index contributed by atoms with van der Waals surface area (Å²) in [6.45, 7) is 0. The maximum atomic E-state index is 8.52. The summed E-state index contributed by atoms with van der Waals surface area (Å²) in [5.41, 5.74) is 0. The van der Waals surface area contributed by atoms with Gasteiger partial charge in [-0.15, -0.1) is 0 Å². The summed E-state index contributed by atoms with van der Waals surface area (Å²) < 4.78 is 34.1. The number of rotatable bonds is 0. The molecule has 0 radical (unpaired) electrons. The maximum Gasteiger partial charge on any atom is 0.0311 e. The molecule has 0 heterocycles. The average Bonchev–Trinajstić information content (AvgIpc) is 0.722. The second-order valence-electron chi connectivity index (χ2n) is 0.408. The second kappa shape index (κ2) is 3.24. The molecule has 0 amide bonds. The van der Waals surface area contributed by atoms with E-state index in [0.29, 0.717) is 0 Å². The topological polar surface area (TPSA) is 80.3 Å². The molecule has 0 aromatic rings. The van der Waals surface area contributed by atoms with Crippen LogP contribution < -0.4 is 0 Å². The molecule has 0 aliphatic heterocycles. The number of hydrogen-bond donors (Lipinski definition) is 0. The van der Waals surface area contributed by atoms with E-state index in [0.717, 1.165) is 0 Å². The molecule has 0 aliphatic carbocycles. The second-order valence-corrected chi connectivity index (χ2v) is 1.22. The van der Waals surface area contributed by atoms with E-state index < -0.39 is 10.4 Å². The molecule has 6 heteroatoms. The van der Waals surface area contributed by atoms with Crippen molar-refractivity contribution in [2.45, 2.75) is 0 Å². The first-order chi connectivity index (χ1) is 2.00. The summed E-state index contributed by atoms with van der Waals surface area (Å²) in [5.74, 6) is 0. The van der Waals surface area contributed by atoms with Crippen LogP contribution in [0.25, 0.3) is 0 Å². The van der Waals surface area contributed by atoms with Gasteiger partial charge in [0, 0.05) is 50.8 Å². The van der Waals surface area contributed by atoms with E-state index in [4.69, 9.17) is 17.5 Å². The molecule has 0 fully saturated rings. The van der Waals surface area contributed by atoms with Gasteiger partial charge in [-0.3, -0.25) is 8.42 Å². The Kier molecular flexibility index (Phi) is 5.53. The molecule has 0 spiro atoms. The summed E-state index contributed by atoms with van der Waals surface area (Å²) >= 11 is 0. The molecule has 0 N–H and O–H groups in total. The fraction of sp³-hybridized carbons (Fsp3) is 0. The molecule has 0 saturated heterocycles. The van der Waals surface area contributed by atoms with Crippen LogP contribution in [0.4, 0.5) is 0 Å². The summed E-state index contributed by atoms with van der Waals surface area (Å²) in [4.78, 5) is 0. The van der Waals surface area contributed by atoms with Gasteiger partial charge in [0.25, 0.3) is 0 Å². The van der Waals surface area contributed by atoms with E-state index in [1.807, 2.05) is 0 Å². The van der Waals surface area contributed by atoms with Crippen LogP contribution >= 0.6 is 0 Å². The van der Waals surface area contributed by atoms with Gasteiger partial charge in [-0.25, -0.2) is 0 Å². The Labute approximate surface area is 67.6 Å². The minimum Gasteiger partial charge on any atom is -0.759 e. The SMILES string of the molecule is O=S(=O)([O-])[O-].[Sm]. The minimum atomic E-state index is -5.17. The van der Waals surface area contributed by atoms with Crippen molar-refractivity contribution in [2.75, 3.05) is 0 Å². The maximum absolute atomic E-state index is 8.52. The minimum absolute atomic E-state index is 0. The van der Waals surface area contributed by atoms with Crippen molar-refractivity contribution >= 4 is 10.4 Å². The molecular formula is O4SSm-2. The molecule has 0 aliphatic rings. The van der Waals surface area contributed by atoms with E-state index in [2.05, 4.69) is 0 Å². The Hall–Kier alpha value is 1.21. The third kappa shape index (κ3) is 63.2. The van der Waals surface area contributed by atoms with Crippen molar-refractivity contribution in [1.29, 1.82) is 0 Å². The summed E-state index contributed by atoms with van der Waals surface area (Å²) in [5, 5.41) is 0. The zero-order valence-electron chi connectivity index (χ0n) is 2.45. The normalized spacial score (nSPS) is 9.67. The number of hydrogen-bond acceptors (Lipinski definition) is 4. The largest absolute Gasteiger partial charge is 0.759 e. The molecule has 0 aromatic heterocycles. The van der Waals surface area contributed by atoms with Gasteiger partial charge in [0.15, 0.2) is 0 Å². The Morgan fingerprint density at radius 2 is 1.17 bits per heavy atom. The van der Waals surface area contributed by atoms with Crippen LogP contribution in [0.15, 0.2) is 0 Å². The molecule has 6 heavy (non-hydrogen) atoms. The van der Waals surface area contributed by atoms with Gasteiger partial charge in [0.05, 0.1) is 0 Å². The Morgan fingerprint density at radius 3 is 1.17 bits per heavy atom. The molecule has 38 valence electrons. The third-order valence-corrected chi connectivity index (χ3v) is 0. The molecular weight excluding hydrogens is 246 g/mol. The molecule has 0 saturated carbocycles. The third-order valence-electron chi connectivity index (χ3n) is 0. The van der Waals surface area contributed by atoms with Crippen LogP contribution in [-0.2, 0) is 10.4 Å². The zero-order valence-corrected chi connectivity index (χ0v) is 5.89. The van der Waals surface area contributed by atoms with Crippen LogP contribution in [0.3, 0.4) is 0 Å². The van der Waals surface area contributed by atoms with Gasteiger partial charge < -0.3 is 9.11 Å².